The second-order valence-corrected chi connectivity index (χ2v) is 7.37. The van der Waals surface area contributed by atoms with E-state index < -0.39 is 6.36 Å². The fraction of sp³-hybridized carbons (Fsp3) is 0.261. The summed E-state index contributed by atoms with van der Waals surface area (Å²) >= 11 is 0. The Kier molecular flexibility index (Phi) is 6.45. The normalized spacial score (nSPS) is 14.1. The quantitative estimate of drug-likeness (QED) is 0.531. The van der Waals surface area contributed by atoms with Gasteiger partial charge < -0.3 is 19.7 Å². The molecule has 1 saturated heterocycles. The smallest absolute Gasteiger partial charge is 0.406 e. The molecule has 2 heterocycles. The zero-order valence-corrected chi connectivity index (χ0v) is 17.7. The molecule has 3 aromatic rings. The highest BCUT2D eigenvalue weighted by Crippen LogP contribution is 2.28. The third-order valence-electron chi connectivity index (χ3n) is 4.93. The molecule has 0 radical (unpaired) electrons. The van der Waals surface area contributed by atoms with Crippen molar-refractivity contribution in [2.24, 2.45) is 0 Å². The number of carbonyl (C=O) groups is 1. The number of Topliss-reactive ketones (excluding diaryl/α,β-unsaturated/α-hetero) is 1. The molecule has 0 saturated carbocycles. The third-order valence-corrected chi connectivity index (χ3v) is 4.93. The first-order valence-corrected chi connectivity index (χ1v) is 10.2. The predicted octanol–water partition coefficient (Wildman–Crippen LogP) is 4.83. The highest BCUT2D eigenvalue weighted by molar-refractivity contribution is 5.95. The number of nitrogens with one attached hydrogen (secondary N) is 1. The van der Waals surface area contributed by atoms with E-state index in [0.29, 0.717) is 55.0 Å². The van der Waals surface area contributed by atoms with Crippen molar-refractivity contribution in [3.05, 3.63) is 60.2 Å². The maximum Gasteiger partial charge on any atom is 0.573 e. The van der Waals surface area contributed by atoms with Gasteiger partial charge in [-0.2, -0.15) is 4.98 Å². The van der Waals surface area contributed by atoms with E-state index in [2.05, 4.69) is 20.0 Å². The zero-order chi connectivity index (χ0) is 23.4. The lowest BCUT2D eigenvalue weighted by atomic mass is 10.1. The van der Waals surface area contributed by atoms with Crippen LogP contribution in [0.25, 0.3) is 11.3 Å². The van der Waals surface area contributed by atoms with Gasteiger partial charge in [-0.3, -0.25) is 4.79 Å². The number of anilines is 3. The Balaban J connectivity index is 1.66. The van der Waals surface area contributed by atoms with Gasteiger partial charge in [0.25, 0.3) is 0 Å². The van der Waals surface area contributed by atoms with Gasteiger partial charge in [0.1, 0.15) is 11.6 Å². The van der Waals surface area contributed by atoms with Crippen LogP contribution >= 0.6 is 0 Å². The number of rotatable bonds is 6. The molecule has 1 aliphatic heterocycles. The monoisotopic (exact) mass is 458 g/mol. The van der Waals surface area contributed by atoms with Crippen LogP contribution < -0.4 is 15.0 Å². The lowest BCUT2D eigenvalue weighted by Gasteiger charge is -2.27. The molecule has 7 nitrogen and oxygen atoms in total. The number of hydrogen-bond acceptors (Lipinski definition) is 7. The van der Waals surface area contributed by atoms with Crippen LogP contribution in [0, 0.1) is 0 Å². The molecule has 1 fully saturated rings. The van der Waals surface area contributed by atoms with Gasteiger partial charge in [0, 0.05) is 36.0 Å². The molecule has 33 heavy (non-hydrogen) atoms. The minimum atomic E-state index is -4.75. The number of hydrogen-bond donors (Lipinski definition) is 1. The average molecular weight is 458 g/mol. The van der Waals surface area contributed by atoms with Crippen LogP contribution in [0.3, 0.4) is 0 Å². The number of nitrogens with zero attached hydrogens (tertiary/aromatic N) is 3. The summed E-state index contributed by atoms with van der Waals surface area (Å²) in [5.74, 6) is 0.577. The highest BCUT2D eigenvalue weighted by atomic mass is 19.4. The van der Waals surface area contributed by atoms with Crippen molar-refractivity contribution in [1.82, 2.24) is 9.97 Å². The lowest BCUT2D eigenvalue weighted by molar-refractivity contribution is -0.274. The molecule has 0 aliphatic carbocycles. The minimum absolute atomic E-state index is 0.0566. The van der Waals surface area contributed by atoms with Gasteiger partial charge in [-0.05, 0) is 37.3 Å². The van der Waals surface area contributed by atoms with Gasteiger partial charge in [0.2, 0.25) is 5.95 Å². The third kappa shape index (κ3) is 5.98. The Morgan fingerprint density at radius 1 is 1.06 bits per heavy atom. The van der Waals surface area contributed by atoms with Gasteiger partial charge in [-0.25, -0.2) is 4.98 Å². The van der Waals surface area contributed by atoms with Crippen LogP contribution in [-0.4, -0.2) is 48.4 Å². The van der Waals surface area contributed by atoms with Crippen LogP contribution in [0.15, 0.2) is 54.6 Å². The topological polar surface area (TPSA) is 76.6 Å². The zero-order valence-electron chi connectivity index (χ0n) is 17.7. The van der Waals surface area contributed by atoms with Crippen LogP contribution in [-0.2, 0) is 4.74 Å². The first-order chi connectivity index (χ1) is 15.8. The number of ether oxygens (including phenoxy) is 2. The SMILES string of the molecule is CC(=O)c1cccc(-c2cc(Nc3ccc(OC(F)(F)F)cc3)nc(N3CCOCC3)n2)c1. The number of morpholine rings is 1. The predicted molar refractivity (Wildman–Crippen MR) is 117 cm³/mol. The van der Waals surface area contributed by atoms with Crippen LogP contribution in [0.2, 0.25) is 0 Å². The number of ketones is 1. The fourth-order valence-corrected chi connectivity index (χ4v) is 3.34. The molecule has 0 amide bonds. The fourth-order valence-electron chi connectivity index (χ4n) is 3.34. The Morgan fingerprint density at radius 3 is 2.45 bits per heavy atom. The van der Waals surface area contributed by atoms with Crippen molar-refractivity contribution in [1.29, 1.82) is 0 Å². The lowest BCUT2D eigenvalue weighted by Crippen LogP contribution is -2.37. The molecule has 172 valence electrons. The molecule has 0 atom stereocenters. The van der Waals surface area contributed by atoms with Crippen molar-refractivity contribution < 1.29 is 27.4 Å². The number of alkyl halides is 3. The number of carbonyl (C=O) groups excluding carboxylic acids is 1. The molecule has 0 spiro atoms. The molecular weight excluding hydrogens is 437 g/mol. The second-order valence-electron chi connectivity index (χ2n) is 7.37. The van der Waals surface area contributed by atoms with Crippen LogP contribution in [0.4, 0.5) is 30.6 Å². The maximum atomic E-state index is 12.4. The molecule has 2 aromatic carbocycles. The van der Waals surface area contributed by atoms with Crippen molar-refractivity contribution in [3.63, 3.8) is 0 Å². The molecule has 1 aliphatic rings. The van der Waals surface area contributed by atoms with Gasteiger partial charge in [-0.15, -0.1) is 13.2 Å². The standard InChI is InChI=1S/C23H21F3N4O3/c1-15(31)16-3-2-4-17(13-16)20-14-21(29-22(28-20)30-9-11-32-12-10-30)27-18-5-7-19(8-6-18)33-23(24,25)26/h2-8,13-14H,9-12H2,1H3,(H,27,28,29). The van der Waals surface area contributed by atoms with E-state index in [9.17, 15) is 18.0 Å². The van der Waals surface area contributed by atoms with Crippen LogP contribution in [0.5, 0.6) is 5.75 Å². The van der Waals surface area contributed by atoms with Crippen molar-refractivity contribution in [2.45, 2.75) is 13.3 Å². The van der Waals surface area contributed by atoms with Gasteiger partial charge >= 0.3 is 6.36 Å². The molecule has 0 unspecified atom stereocenters. The van der Waals surface area contributed by atoms with E-state index in [-0.39, 0.29) is 11.5 Å². The largest absolute Gasteiger partial charge is 0.573 e. The Hall–Kier alpha value is -3.66. The summed E-state index contributed by atoms with van der Waals surface area (Å²) in [5, 5.41) is 3.11. The van der Waals surface area contributed by atoms with Crippen molar-refractivity contribution in [3.8, 4) is 17.0 Å². The highest BCUT2D eigenvalue weighted by Gasteiger charge is 2.31. The van der Waals surface area contributed by atoms with E-state index in [1.165, 1.54) is 31.2 Å². The van der Waals surface area contributed by atoms with E-state index >= 15 is 0 Å². The van der Waals surface area contributed by atoms with E-state index in [1.54, 1.807) is 24.3 Å². The van der Waals surface area contributed by atoms with E-state index in [0.717, 1.165) is 5.56 Å². The van der Waals surface area contributed by atoms with Gasteiger partial charge in [0.05, 0.1) is 18.9 Å². The second kappa shape index (κ2) is 9.45. The first-order valence-electron chi connectivity index (χ1n) is 10.2. The molecule has 1 N–H and O–H groups in total. The Morgan fingerprint density at radius 2 is 1.79 bits per heavy atom. The summed E-state index contributed by atoms with van der Waals surface area (Å²) in [6, 6.07) is 14.2. The molecule has 1 aromatic heterocycles. The summed E-state index contributed by atoms with van der Waals surface area (Å²) in [7, 11) is 0. The van der Waals surface area contributed by atoms with Crippen molar-refractivity contribution >= 4 is 23.2 Å². The van der Waals surface area contributed by atoms with Gasteiger partial charge in [0.15, 0.2) is 5.78 Å². The van der Waals surface area contributed by atoms with Crippen molar-refractivity contribution in [2.75, 3.05) is 36.5 Å². The minimum Gasteiger partial charge on any atom is -0.406 e. The average Bonchev–Trinajstić information content (AvgIpc) is 2.80. The molecular formula is C23H21F3N4O3. The summed E-state index contributed by atoms with van der Waals surface area (Å²) in [6.07, 6.45) is -4.75. The number of benzene rings is 2. The summed E-state index contributed by atoms with van der Waals surface area (Å²) in [5.41, 5.74) is 2.44. The van der Waals surface area contributed by atoms with E-state index in [4.69, 9.17) is 4.74 Å². The molecule has 4 rings (SSSR count). The first kappa shape index (κ1) is 22.5. The Labute approximate surface area is 188 Å². The van der Waals surface area contributed by atoms with Gasteiger partial charge in [-0.1, -0.05) is 18.2 Å². The maximum absolute atomic E-state index is 12.4. The summed E-state index contributed by atoms with van der Waals surface area (Å²) in [4.78, 5) is 23.1. The van der Waals surface area contributed by atoms with E-state index in [1.807, 2.05) is 11.0 Å². The molecule has 10 heteroatoms. The summed E-state index contributed by atoms with van der Waals surface area (Å²) < 4.78 is 46.5. The Bertz CT molecular complexity index is 1130. The van der Waals surface area contributed by atoms with Crippen LogP contribution in [0.1, 0.15) is 17.3 Å². The summed E-state index contributed by atoms with van der Waals surface area (Å²) in [6.45, 7) is 3.85. The number of halogens is 3. The molecule has 0 bridgehead atoms. The number of aromatic nitrogens is 2.